The summed E-state index contributed by atoms with van der Waals surface area (Å²) in [6.07, 6.45) is 0.893. The van der Waals surface area contributed by atoms with Gasteiger partial charge < -0.3 is 31.9 Å². The van der Waals surface area contributed by atoms with E-state index in [1.807, 2.05) is 0 Å². The van der Waals surface area contributed by atoms with Crippen LogP contribution in [-0.2, 0) is 19.8 Å². The van der Waals surface area contributed by atoms with Gasteiger partial charge in [-0.2, -0.15) is 17.4 Å². The maximum Gasteiger partial charge on any atom is 0.451 e. The van der Waals surface area contributed by atoms with Crippen LogP contribution >= 0.6 is 0 Å². The van der Waals surface area contributed by atoms with Gasteiger partial charge in [0.1, 0.15) is 0 Å². The lowest BCUT2D eigenvalue weighted by molar-refractivity contribution is -0.149. The molecule has 160 valence electrons. The van der Waals surface area contributed by atoms with Gasteiger partial charge in [-0.3, -0.25) is 4.79 Å². The van der Waals surface area contributed by atoms with Crippen molar-refractivity contribution in [2.75, 3.05) is 13.1 Å². The average Bonchev–Trinajstić information content (AvgIpc) is 3.10. The van der Waals surface area contributed by atoms with Crippen molar-refractivity contribution in [3.63, 3.8) is 0 Å². The van der Waals surface area contributed by atoms with Crippen LogP contribution < -0.4 is 21.5 Å². The molecule has 0 aromatic rings. The van der Waals surface area contributed by atoms with Crippen LogP contribution in [0.4, 0.5) is 0 Å². The smallest absolute Gasteiger partial charge is 0.451 e. The number of aliphatic carboxylic acids is 1. The highest BCUT2D eigenvalue weighted by Gasteiger charge is 2.56. The molecule has 9 N–H and O–H groups in total. The minimum atomic E-state index is -4.01. The van der Waals surface area contributed by atoms with Crippen LogP contribution in [0.3, 0.4) is 0 Å². The van der Waals surface area contributed by atoms with Crippen LogP contribution in [0.2, 0.25) is 6.32 Å². The zero-order valence-corrected chi connectivity index (χ0v) is 16.4. The van der Waals surface area contributed by atoms with Crippen molar-refractivity contribution in [1.82, 2.24) is 14.3 Å². The number of hydrogen-bond donors (Lipinski definition) is 7. The molecular weight excluding hydrogens is 393 g/mol. The molecule has 1 saturated carbocycles. The fourth-order valence-corrected chi connectivity index (χ4v) is 4.88. The molecule has 2 aliphatic rings. The predicted octanol–water partition coefficient (Wildman–Crippen LogP) is -3.61. The van der Waals surface area contributed by atoms with E-state index in [2.05, 4.69) is 10.0 Å². The highest BCUT2D eigenvalue weighted by Crippen LogP contribution is 2.34. The molecule has 2 rings (SSSR count). The minimum Gasteiger partial charge on any atom is -0.479 e. The van der Waals surface area contributed by atoms with E-state index in [0.29, 0.717) is 6.42 Å². The van der Waals surface area contributed by atoms with Gasteiger partial charge in [-0.15, -0.1) is 0 Å². The van der Waals surface area contributed by atoms with Crippen molar-refractivity contribution in [2.45, 2.75) is 56.2 Å². The fourth-order valence-electron chi connectivity index (χ4n) is 3.33. The van der Waals surface area contributed by atoms with Crippen molar-refractivity contribution < 1.29 is 33.2 Å². The summed E-state index contributed by atoms with van der Waals surface area (Å²) >= 11 is 0. The molecule has 1 saturated heterocycles. The summed E-state index contributed by atoms with van der Waals surface area (Å²) in [5.41, 5.74) is 9.31. The van der Waals surface area contributed by atoms with E-state index in [1.54, 1.807) is 0 Å². The van der Waals surface area contributed by atoms with Gasteiger partial charge >= 0.3 is 13.1 Å². The van der Waals surface area contributed by atoms with Crippen LogP contribution in [0.25, 0.3) is 0 Å². The van der Waals surface area contributed by atoms with Gasteiger partial charge in [-0.05, 0) is 26.1 Å². The van der Waals surface area contributed by atoms with Gasteiger partial charge in [0.05, 0.1) is 6.04 Å². The minimum absolute atomic E-state index is 0.00460. The van der Waals surface area contributed by atoms with E-state index in [9.17, 15) is 23.1 Å². The summed E-state index contributed by atoms with van der Waals surface area (Å²) in [5, 5.41) is 30.3. The topological polar surface area (TPSA) is 208 Å². The van der Waals surface area contributed by atoms with E-state index in [0.717, 1.165) is 4.31 Å². The predicted molar refractivity (Wildman–Crippen MR) is 99.9 cm³/mol. The van der Waals surface area contributed by atoms with E-state index >= 15 is 0 Å². The number of carboxylic acids is 1. The molecule has 2 fully saturated rings. The number of carbonyl (C=O) groups is 2. The Morgan fingerprint density at radius 3 is 2.46 bits per heavy atom. The number of nitrogens with one attached hydrogen (secondary N) is 2. The summed E-state index contributed by atoms with van der Waals surface area (Å²) in [5.74, 6) is -2.88. The maximum absolute atomic E-state index is 12.6. The summed E-state index contributed by atoms with van der Waals surface area (Å²) in [6.45, 7) is 0.774. The zero-order chi connectivity index (χ0) is 21.3. The Hall–Kier alpha value is -1.29. The molecule has 1 heterocycles. The highest BCUT2D eigenvalue weighted by atomic mass is 32.2. The zero-order valence-electron chi connectivity index (χ0n) is 15.6. The molecule has 0 spiro atoms. The van der Waals surface area contributed by atoms with Crippen LogP contribution in [-0.4, -0.2) is 83.6 Å². The number of carboxylic acid groups (broad SMARTS) is 1. The molecule has 12 nitrogen and oxygen atoms in total. The molecule has 5 atom stereocenters. The molecular formula is C14H28BN5O7S. The third-order valence-corrected chi connectivity index (χ3v) is 6.74. The summed E-state index contributed by atoms with van der Waals surface area (Å²) in [6, 6.07) is -1.66. The number of hydrogen-bond acceptors (Lipinski definition) is 8. The first-order chi connectivity index (χ1) is 12.9. The molecule has 0 unspecified atom stereocenters. The first-order valence-corrected chi connectivity index (χ1v) is 10.5. The molecule has 0 aromatic heterocycles. The van der Waals surface area contributed by atoms with E-state index in [-0.39, 0.29) is 31.7 Å². The van der Waals surface area contributed by atoms with Crippen molar-refractivity contribution in [1.29, 1.82) is 0 Å². The Morgan fingerprint density at radius 1 is 1.39 bits per heavy atom. The van der Waals surface area contributed by atoms with Crippen molar-refractivity contribution in [3.8, 4) is 0 Å². The third-order valence-electron chi connectivity index (χ3n) is 5.18. The first-order valence-electron chi connectivity index (χ1n) is 9.09. The van der Waals surface area contributed by atoms with E-state index in [1.165, 1.54) is 6.92 Å². The molecule has 14 heteroatoms. The van der Waals surface area contributed by atoms with Crippen molar-refractivity contribution in [3.05, 3.63) is 0 Å². The molecule has 1 aliphatic heterocycles. The van der Waals surface area contributed by atoms with Gasteiger partial charge in [0.15, 0.2) is 5.54 Å². The Bertz CT molecular complexity index is 706. The summed E-state index contributed by atoms with van der Waals surface area (Å²) < 4.78 is 28.7. The first kappa shape index (κ1) is 23.0. The fraction of sp³-hybridized carbons (Fsp3) is 0.857. The molecule has 0 aromatic carbocycles. The second-order valence-electron chi connectivity index (χ2n) is 7.58. The number of nitrogens with zero attached hydrogens (tertiary/aromatic N) is 1. The molecule has 0 radical (unpaired) electrons. The molecule has 1 amide bonds. The van der Waals surface area contributed by atoms with E-state index < -0.39 is 59.3 Å². The highest BCUT2D eigenvalue weighted by molar-refractivity contribution is 7.87. The summed E-state index contributed by atoms with van der Waals surface area (Å²) in [4.78, 5) is 24.3. The average molecular weight is 421 g/mol. The van der Waals surface area contributed by atoms with Gasteiger partial charge in [-0.1, -0.05) is 6.42 Å². The lowest BCUT2D eigenvalue weighted by Crippen LogP contribution is -2.62. The van der Waals surface area contributed by atoms with Gasteiger partial charge in [0, 0.05) is 31.1 Å². The standard InChI is InChI=1S/C14H28BN5O7S/c1-8(16)12(21)18-14(13(22)23)7-20(6-9(14)3-2-4-15(24)25)28(26,27)19-11-5-10(11)17/h8-11,19,24-25H,2-7,16-17H2,1H3,(H,18,21)(H,22,23)/t8-,9-,10+,11+,14-/m0/s1. The largest absolute Gasteiger partial charge is 0.479 e. The van der Waals surface area contributed by atoms with Crippen LogP contribution in [0.5, 0.6) is 0 Å². The number of rotatable bonds is 10. The number of nitrogens with two attached hydrogens (primary N) is 2. The van der Waals surface area contributed by atoms with E-state index in [4.69, 9.17) is 21.5 Å². The van der Waals surface area contributed by atoms with Gasteiger partial charge in [-0.25, -0.2) is 4.79 Å². The van der Waals surface area contributed by atoms with Crippen LogP contribution in [0.1, 0.15) is 26.2 Å². The Kier molecular flexibility index (Phi) is 7.07. The molecule has 1 aliphatic carbocycles. The van der Waals surface area contributed by atoms with Gasteiger partial charge in [0.2, 0.25) is 5.91 Å². The SMILES string of the molecule is C[C@H](N)C(=O)N[C@@]1(C(=O)O)CN(S(=O)(=O)N[C@@H]2C[C@H]2N)C[C@@H]1CCCB(O)O. The van der Waals surface area contributed by atoms with Crippen molar-refractivity contribution in [2.24, 2.45) is 17.4 Å². The normalized spacial score (nSPS) is 31.4. The Labute approximate surface area is 164 Å². The lowest BCUT2D eigenvalue weighted by Gasteiger charge is -2.32. The quantitative estimate of drug-likeness (QED) is 0.174. The van der Waals surface area contributed by atoms with Crippen molar-refractivity contribution >= 4 is 29.2 Å². The third kappa shape index (κ3) is 5.20. The van der Waals surface area contributed by atoms with Crippen LogP contribution in [0.15, 0.2) is 0 Å². The Morgan fingerprint density at radius 2 is 2.00 bits per heavy atom. The number of carbonyl (C=O) groups excluding carboxylic acids is 1. The lowest BCUT2D eigenvalue weighted by atomic mass is 9.78. The maximum atomic E-state index is 12.6. The molecule has 0 bridgehead atoms. The monoisotopic (exact) mass is 421 g/mol. The summed E-state index contributed by atoms with van der Waals surface area (Å²) in [7, 11) is -5.56. The molecule has 28 heavy (non-hydrogen) atoms. The second kappa shape index (κ2) is 8.61. The second-order valence-corrected chi connectivity index (χ2v) is 9.29. The van der Waals surface area contributed by atoms with Gasteiger partial charge in [0.25, 0.3) is 10.2 Å². The van der Waals surface area contributed by atoms with Crippen LogP contribution in [0, 0.1) is 5.92 Å². The Balaban J connectivity index is 2.25. The number of amides is 1.